The number of nitrogens with two attached hydrogens (primary N) is 1. The van der Waals surface area contributed by atoms with Gasteiger partial charge in [0.1, 0.15) is 5.69 Å². The summed E-state index contributed by atoms with van der Waals surface area (Å²) in [6.45, 7) is 1.35. The van der Waals surface area contributed by atoms with Crippen molar-refractivity contribution in [3.05, 3.63) is 34.5 Å². The van der Waals surface area contributed by atoms with Gasteiger partial charge in [0.2, 0.25) is 0 Å². The van der Waals surface area contributed by atoms with E-state index in [1.54, 1.807) is 0 Å². The molecule has 0 atom stereocenters. The lowest BCUT2D eigenvalue weighted by Gasteiger charge is -2.27. The second-order valence-corrected chi connectivity index (χ2v) is 4.36. The van der Waals surface area contributed by atoms with E-state index in [0.29, 0.717) is 31.8 Å². The molecule has 1 aliphatic rings. The zero-order valence-corrected chi connectivity index (χ0v) is 10.4. The lowest BCUT2D eigenvalue weighted by atomic mass is 10.1. The molecule has 20 heavy (non-hydrogen) atoms. The summed E-state index contributed by atoms with van der Waals surface area (Å²) in [6.07, 6.45) is -4.60. The number of alkyl halides is 3. The van der Waals surface area contributed by atoms with Crippen LogP contribution in [0.5, 0.6) is 0 Å². The Kier molecular flexibility index (Phi) is 4.26. The summed E-state index contributed by atoms with van der Waals surface area (Å²) in [4.78, 5) is 13.5. The van der Waals surface area contributed by atoms with E-state index in [1.807, 2.05) is 0 Å². The van der Waals surface area contributed by atoms with Gasteiger partial charge in [-0.15, -0.1) is 0 Å². The van der Waals surface area contributed by atoms with Gasteiger partial charge in [0.15, 0.2) is 0 Å². The van der Waals surface area contributed by atoms with Crippen molar-refractivity contribution in [3.8, 4) is 0 Å². The number of carbonyl (C=O) groups excluding carboxylic acids is 1. The van der Waals surface area contributed by atoms with Crippen LogP contribution in [-0.2, 0) is 10.9 Å². The number of nitrogens with zero attached hydrogens (tertiary/aromatic N) is 1. The standard InChI is InChI=1S/C12H13F3N2O3/c13-12(14,15)9-5-8(6-10(7-9)16-19)11(18)17-1-3-20-4-2-17/h5-7H,1-4,16H2. The minimum absolute atomic E-state index is 0.135. The first kappa shape index (κ1) is 14.8. The molecule has 0 saturated carbocycles. The number of carbonyl (C=O) groups is 1. The van der Waals surface area contributed by atoms with E-state index in [9.17, 15) is 23.2 Å². The van der Waals surface area contributed by atoms with E-state index in [4.69, 9.17) is 4.74 Å². The third-order valence-electron chi connectivity index (χ3n) is 2.96. The molecular formula is C12H13F3N2O3. The molecule has 1 aromatic carbocycles. The number of halogens is 3. The maximum atomic E-state index is 12.7. The van der Waals surface area contributed by atoms with Crippen molar-refractivity contribution in [2.75, 3.05) is 26.3 Å². The molecule has 2 rings (SSSR count). The van der Waals surface area contributed by atoms with Crippen molar-refractivity contribution in [3.63, 3.8) is 0 Å². The first-order chi connectivity index (χ1) is 9.41. The van der Waals surface area contributed by atoms with Crippen LogP contribution < -0.4 is 5.48 Å². The van der Waals surface area contributed by atoms with E-state index in [1.165, 1.54) is 11.0 Å². The predicted octanol–water partition coefficient (Wildman–Crippen LogP) is 0.871. The summed E-state index contributed by atoms with van der Waals surface area (Å²) in [5.41, 5.74) is -1.01. The molecule has 0 bridgehead atoms. The summed E-state index contributed by atoms with van der Waals surface area (Å²) in [7, 11) is 0. The van der Waals surface area contributed by atoms with E-state index in [0.717, 1.165) is 12.1 Å². The van der Waals surface area contributed by atoms with Crippen molar-refractivity contribution >= 4 is 11.6 Å². The van der Waals surface area contributed by atoms with Gasteiger partial charge >= 0.3 is 6.18 Å². The molecule has 0 aliphatic carbocycles. The topological polar surface area (TPSA) is 69.2 Å². The van der Waals surface area contributed by atoms with Crippen molar-refractivity contribution in [2.45, 2.75) is 6.18 Å². The molecule has 8 heteroatoms. The fourth-order valence-corrected chi connectivity index (χ4v) is 1.96. The second kappa shape index (κ2) is 5.78. The summed E-state index contributed by atoms with van der Waals surface area (Å²) >= 11 is 0. The Hall–Kier alpha value is -1.64. The molecule has 0 radical (unpaired) electrons. The number of morpholine rings is 1. The molecule has 0 unspecified atom stereocenters. The maximum Gasteiger partial charge on any atom is 0.416 e. The molecule has 1 saturated heterocycles. The minimum atomic E-state index is -4.60. The Labute approximate surface area is 112 Å². The second-order valence-electron chi connectivity index (χ2n) is 4.36. The smallest absolute Gasteiger partial charge is 0.416 e. The number of benzene rings is 1. The highest BCUT2D eigenvalue weighted by molar-refractivity contribution is 5.95. The Balaban J connectivity index is 2.32. The average molecular weight is 290 g/mol. The van der Waals surface area contributed by atoms with Crippen LogP contribution in [0, 0.1) is 5.21 Å². The molecule has 1 aromatic rings. The summed E-state index contributed by atoms with van der Waals surface area (Å²) in [5.74, 6) is -0.525. The molecule has 1 aliphatic heterocycles. The Morgan fingerprint density at radius 3 is 2.45 bits per heavy atom. The Bertz CT molecular complexity index is 499. The van der Waals surface area contributed by atoms with Crippen LogP contribution in [0.3, 0.4) is 0 Å². The van der Waals surface area contributed by atoms with Crippen LogP contribution >= 0.6 is 0 Å². The van der Waals surface area contributed by atoms with Crippen LogP contribution in [0.2, 0.25) is 0 Å². The molecule has 0 aromatic heterocycles. The third-order valence-corrected chi connectivity index (χ3v) is 2.96. The lowest BCUT2D eigenvalue weighted by molar-refractivity contribution is -0.497. The van der Waals surface area contributed by atoms with Crippen molar-refractivity contribution in [1.29, 1.82) is 0 Å². The van der Waals surface area contributed by atoms with Gasteiger partial charge in [-0.3, -0.25) is 4.79 Å². The van der Waals surface area contributed by atoms with Gasteiger partial charge < -0.3 is 20.3 Å². The van der Waals surface area contributed by atoms with Crippen LogP contribution in [0.15, 0.2) is 18.2 Å². The van der Waals surface area contributed by atoms with E-state index in [2.05, 4.69) is 0 Å². The minimum Gasteiger partial charge on any atom is -0.630 e. The molecule has 1 fully saturated rings. The van der Waals surface area contributed by atoms with Gasteiger partial charge in [-0.05, 0) is 6.07 Å². The van der Waals surface area contributed by atoms with E-state index >= 15 is 0 Å². The quantitative estimate of drug-likeness (QED) is 0.649. The average Bonchev–Trinajstić information content (AvgIpc) is 2.46. The largest absolute Gasteiger partial charge is 0.630 e. The normalized spacial score (nSPS) is 16.3. The van der Waals surface area contributed by atoms with Crippen LogP contribution in [0.4, 0.5) is 18.9 Å². The summed E-state index contributed by atoms with van der Waals surface area (Å²) in [5, 5.41) is 10.7. The first-order valence-electron chi connectivity index (χ1n) is 5.96. The van der Waals surface area contributed by atoms with Crippen molar-refractivity contribution in [1.82, 2.24) is 4.90 Å². The SMILES string of the molecule is O=C(c1cc([NH2+][O-])cc(C(F)(F)F)c1)N1CCOCC1. The van der Waals surface area contributed by atoms with Crippen molar-refractivity contribution in [2.24, 2.45) is 0 Å². The zero-order valence-electron chi connectivity index (χ0n) is 10.4. The third kappa shape index (κ3) is 3.27. The lowest BCUT2D eigenvalue weighted by Crippen LogP contribution is -2.70. The highest BCUT2D eigenvalue weighted by Crippen LogP contribution is 2.31. The fraction of sp³-hybridized carbons (Fsp3) is 0.417. The van der Waals surface area contributed by atoms with E-state index < -0.39 is 17.6 Å². The number of quaternary nitrogens is 1. The zero-order chi connectivity index (χ0) is 14.8. The molecular weight excluding hydrogens is 277 g/mol. The number of ether oxygens (including phenoxy) is 1. The first-order valence-corrected chi connectivity index (χ1v) is 5.96. The number of rotatable bonds is 2. The van der Waals surface area contributed by atoms with Crippen LogP contribution in [0.25, 0.3) is 0 Å². The summed E-state index contributed by atoms with van der Waals surface area (Å²) in [6, 6.07) is 2.66. The highest BCUT2D eigenvalue weighted by atomic mass is 19.4. The number of amides is 1. The molecule has 5 nitrogen and oxygen atoms in total. The Morgan fingerprint density at radius 1 is 1.25 bits per heavy atom. The molecule has 0 spiro atoms. The molecule has 110 valence electrons. The molecule has 2 N–H and O–H groups in total. The van der Waals surface area contributed by atoms with Gasteiger partial charge in [-0.25, -0.2) is 0 Å². The van der Waals surface area contributed by atoms with Crippen molar-refractivity contribution < 1.29 is 28.2 Å². The maximum absolute atomic E-state index is 12.7. The predicted molar refractivity (Wildman–Crippen MR) is 63.1 cm³/mol. The number of hydrogen-bond donors (Lipinski definition) is 1. The fourth-order valence-electron chi connectivity index (χ4n) is 1.96. The van der Waals surface area contributed by atoms with Gasteiger partial charge in [0, 0.05) is 30.8 Å². The Morgan fingerprint density at radius 2 is 1.90 bits per heavy atom. The highest BCUT2D eigenvalue weighted by Gasteiger charge is 2.33. The van der Waals surface area contributed by atoms with Gasteiger partial charge in [-0.2, -0.15) is 13.2 Å². The monoisotopic (exact) mass is 290 g/mol. The molecule has 1 amide bonds. The van der Waals surface area contributed by atoms with Gasteiger partial charge in [-0.1, -0.05) is 0 Å². The van der Waals surface area contributed by atoms with E-state index in [-0.39, 0.29) is 11.3 Å². The summed E-state index contributed by atoms with van der Waals surface area (Å²) < 4.78 is 43.3. The number of hydrogen-bond acceptors (Lipinski definition) is 3. The molecule has 1 heterocycles. The van der Waals surface area contributed by atoms with Gasteiger partial charge in [0.25, 0.3) is 5.91 Å². The van der Waals surface area contributed by atoms with Gasteiger partial charge in [0.05, 0.1) is 18.8 Å². The van der Waals surface area contributed by atoms with Crippen LogP contribution in [0.1, 0.15) is 15.9 Å². The van der Waals surface area contributed by atoms with Crippen LogP contribution in [-0.4, -0.2) is 37.1 Å².